The summed E-state index contributed by atoms with van der Waals surface area (Å²) < 4.78 is 0. The van der Waals surface area contributed by atoms with Crippen molar-refractivity contribution in [3.63, 3.8) is 0 Å². The predicted octanol–water partition coefficient (Wildman–Crippen LogP) is 4.03. The number of rotatable bonds is 6. The second kappa shape index (κ2) is 7.70. The van der Waals surface area contributed by atoms with Gasteiger partial charge in [-0.25, -0.2) is 0 Å². The minimum atomic E-state index is 0.0831. The topological polar surface area (TPSA) is 33.2 Å². The zero-order chi connectivity index (χ0) is 15.9. The first-order valence-corrected chi connectivity index (χ1v) is 8.47. The first-order valence-electron chi connectivity index (χ1n) is 7.59. The Hall–Kier alpha value is -2.46. The summed E-state index contributed by atoms with van der Waals surface area (Å²) >= 11 is 1.48. The van der Waals surface area contributed by atoms with Crippen molar-refractivity contribution >= 4 is 17.2 Å². The molecule has 0 unspecified atom stereocenters. The van der Waals surface area contributed by atoms with Crippen LogP contribution in [0.2, 0.25) is 0 Å². The van der Waals surface area contributed by atoms with Crippen LogP contribution in [0.25, 0.3) is 0 Å². The minimum absolute atomic E-state index is 0.0831. The Morgan fingerprint density at radius 2 is 1.83 bits per heavy atom. The lowest BCUT2D eigenvalue weighted by Crippen LogP contribution is -2.32. The van der Waals surface area contributed by atoms with Gasteiger partial charge in [0, 0.05) is 31.4 Å². The molecule has 1 aromatic carbocycles. The normalized spacial score (nSPS) is 10.4. The number of aromatic nitrogens is 1. The van der Waals surface area contributed by atoms with Gasteiger partial charge in [0.1, 0.15) is 0 Å². The fraction of sp³-hybridized carbons (Fsp3) is 0.158. The molecule has 0 aliphatic carbocycles. The summed E-state index contributed by atoms with van der Waals surface area (Å²) in [6, 6.07) is 19.8. The van der Waals surface area contributed by atoms with Crippen LogP contribution in [0.1, 0.15) is 20.9 Å². The molecule has 0 saturated carbocycles. The van der Waals surface area contributed by atoms with Crippen LogP contribution in [0.4, 0.5) is 0 Å². The first-order chi connectivity index (χ1) is 11.3. The molecule has 0 bridgehead atoms. The summed E-state index contributed by atoms with van der Waals surface area (Å²) in [4.78, 5) is 19.8. The van der Waals surface area contributed by atoms with Gasteiger partial charge in [0.25, 0.3) is 5.91 Å². The van der Waals surface area contributed by atoms with Crippen molar-refractivity contribution in [1.82, 2.24) is 9.88 Å². The Labute approximate surface area is 140 Å². The van der Waals surface area contributed by atoms with E-state index in [1.165, 1.54) is 11.3 Å². The van der Waals surface area contributed by atoms with Crippen LogP contribution < -0.4 is 0 Å². The van der Waals surface area contributed by atoms with Crippen LogP contribution in [0.15, 0.2) is 72.2 Å². The van der Waals surface area contributed by atoms with Crippen molar-refractivity contribution in [3.8, 4) is 0 Å². The minimum Gasteiger partial charge on any atom is -0.333 e. The third kappa shape index (κ3) is 4.27. The third-order valence-corrected chi connectivity index (χ3v) is 4.46. The summed E-state index contributed by atoms with van der Waals surface area (Å²) in [7, 11) is 0. The highest BCUT2D eigenvalue weighted by Crippen LogP contribution is 2.15. The lowest BCUT2D eigenvalue weighted by Gasteiger charge is -2.22. The van der Waals surface area contributed by atoms with Crippen LogP contribution >= 0.6 is 11.3 Å². The van der Waals surface area contributed by atoms with E-state index < -0.39 is 0 Å². The molecule has 3 rings (SSSR count). The lowest BCUT2D eigenvalue weighted by atomic mass is 10.2. The fourth-order valence-electron chi connectivity index (χ4n) is 2.41. The van der Waals surface area contributed by atoms with E-state index in [9.17, 15) is 4.79 Å². The molecule has 1 amide bonds. The Bertz CT molecular complexity index is 727. The van der Waals surface area contributed by atoms with Crippen molar-refractivity contribution in [2.75, 3.05) is 6.54 Å². The molecule has 23 heavy (non-hydrogen) atoms. The molecule has 116 valence electrons. The number of benzene rings is 1. The van der Waals surface area contributed by atoms with E-state index in [0.29, 0.717) is 13.1 Å². The molecule has 0 spiro atoms. The Morgan fingerprint density at radius 1 is 1.00 bits per heavy atom. The molecule has 0 fully saturated rings. The maximum Gasteiger partial charge on any atom is 0.264 e. The molecule has 0 saturated heterocycles. The highest BCUT2D eigenvalue weighted by molar-refractivity contribution is 7.12. The van der Waals surface area contributed by atoms with Gasteiger partial charge in [-0.3, -0.25) is 9.78 Å². The van der Waals surface area contributed by atoms with Gasteiger partial charge in [-0.1, -0.05) is 42.5 Å². The highest BCUT2D eigenvalue weighted by Gasteiger charge is 2.17. The molecule has 2 heterocycles. The van der Waals surface area contributed by atoms with Crippen LogP contribution in [0.3, 0.4) is 0 Å². The number of carbonyl (C=O) groups is 1. The van der Waals surface area contributed by atoms with E-state index in [4.69, 9.17) is 0 Å². The van der Waals surface area contributed by atoms with Gasteiger partial charge in [-0.2, -0.15) is 0 Å². The van der Waals surface area contributed by atoms with E-state index in [-0.39, 0.29) is 5.91 Å². The third-order valence-electron chi connectivity index (χ3n) is 3.60. The molecule has 0 atom stereocenters. The standard InChI is InChI=1S/C19H18N2OS/c22-19(18-10-6-14-23-18)21(15-16-7-2-1-3-8-16)13-11-17-9-4-5-12-20-17/h1-10,12,14H,11,13,15H2. The van der Waals surface area contributed by atoms with Gasteiger partial charge >= 0.3 is 0 Å². The van der Waals surface area contributed by atoms with Crippen molar-refractivity contribution in [2.24, 2.45) is 0 Å². The van der Waals surface area contributed by atoms with Crippen molar-refractivity contribution < 1.29 is 4.79 Å². The molecule has 3 aromatic rings. The number of nitrogens with zero attached hydrogens (tertiary/aromatic N) is 2. The zero-order valence-electron chi connectivity index (χ0n) is 12.8. The fourth-order valence-corrected chi connectivity index (χ4v) is 3.10. The molecular formula is C19H18N2OS. The van der Waals surface area contributed by atoms with Crippen molar-refractivity contribution in [2.45, 2.75) is 13.0 Å². The summed E-state index contributed by atoms with van der Waals surface area (Å²) in [6.45, 7) is 1.27. The van der Waals surface area contributed by atoms with Crippen LogP contribution in [0.5, 0.6) is 0 Å². The van der Waals surface area contributed by atoms with Crippen LogP contribution in [-0.2, 0) is 13.0 Å². The summed E-state index contributed by atoms with van der Waals surface area (Å²) in [5, 5.41) is 1.94. The molecule has 0 radical (unpaired) electrons. The van der Waals surface area contributed by atoms with Gasteiger partial charge in [0.05, 0.1) is 4.88 Å². The predicted molar refractivity (Wildman–Crippen MR) is 93.4 cm³/mol. The van der Waals surface area contributed by atoms with E-state index in [1.54, 1.807) is 6.20 Å². The smallest absolute Gasteiger partial charge is 0.264 e. The largest absolute Gasteiger partial charge is 0.333 e. The highest BCUT2D eigenvalue weighted by atomic mass is 32.1. The van der Waals surface area contributed by atoms with Gasteiger partial charge in [0.2, 0.25) is 0 Å². The number of hydrogen-bond acceptors (Lipinski definition) is 3. The van der Waals surface area contributed by atoms with Crippen molar-refractivity contribution in [1.29, 1.82) is 0 Å². The Kier molecular flexibility index (Phi) is 5.17. The SMILES string of the molecule is O=C(c1cccs1)N(CCc1ccccn1)Cc1ccccc1. The van der Waals surface area contributed by atoms with E-state index in [0.717, 1.165) is 22.6 Å². The number of amides is 1. The molecule has 2 aromatic heterocycles. The average molecular weight is 322 g/mol. The maximum absolute atomic E-state index is 12.7. The molecular weight excluding hydrogens is 304 g/mol. The van der Waals surface area contributed by atoms with Gasteiger partial charge in [0.15, 0.2) is 0 Å². The molecule has 0 aliphatic heterocycles. The molecule has 3 nitrogen and oxygen atoms in total. The number of carbonyl (C=O) groups excluding carboxylic acids is 1. The molecule has 4 heteroatoms. The summed E-state index contributed by atoms with van der Waals surface area (Å²) in [5.74, 6) is 0.0831. The number of pyridine rings is 1. The van der Waals surface area contributed by atoms with Crippen molar-refractivity contribution in [3.05, 3.63) is 88.4 Å². The molecule has 0 aliphatic rings. The van der Waals surface area contributed by atoms with Crippen LogP contribution in [-0.4, -0.2) is 22.3 Å². The quantitative estimate of drug-likeness (QED) is 0.686. The number of thiophene rings is 1. The number of hydrogen-bond donors (Lipinski definition) is 0. The Morgan fingerprint density at radius 3 is 2.52 bits per heavy atom. The first kappa shape index (κ1) is 15.4. The second-order valence-electron chi connectivity index (χ2n) is 5.26. The average Bonchev–Trinajstić information content (AvgIpc) is 3.14. The maximum atomic E-state index is 12.7. The second-order valence-corrected chi connectivity index (χ2v) is 6.21. The van der Waals surface area contributed by atoms with Gasteiger partial charge in [-0.05, 0) is 29.1 Å². The van der Waals surface area contributed by atoms with E-state index in [2.05, 4.69) is 17.1 Å². The monoisotopic (exact) mass is 322 g/mol. The lowest BCUT2D eigenvalue weighted by molar-refractivity contribution is 0.0749. The van der Waals surface area contributed by atoms with Crippen LogP contribution in [0, 0.1) is 0 Å². The summed E-state index contributed by atoms with van der Waals surface area (Å²) in [6.07, 6.45) is 2.54. The zero-order valence-corrected chi connectivity index (χ0v) is 13.6. The molecule has 0 N–H and O–H groups in total. The summed E-state index contributed by atoms with van der Waals surface area (Å²) in [5.41, 5.74) is 2.14. The Balaban J connectivity index is 1.74. The van der Waals surface area contributed by atoms with E-state index >= 15 is 0 Å². The van der Waals surface area contributed by atoms with Gasteiger partial charge < -0.3 is 4.90 Å². The van der Waals surface area contributed by atoms with E-state index in [1.807, 2.05) is 58.8 Å². The van der Waals surface area contributed by atoms with Gasteiger partial charge in [-0.15, -0.1) is 11.3 Å².